The molecule has 1 heterocycles. The number of nitrogen functional groups attached to an aromatic ring is 1. The maximum Gasteiger partial charge on any atom is 0.417 e. The van der Waals surface area contributed by atoms with E-state index in [2.05, 4.69) is 9.72 Å². The highest BCUT2D eigenvalue weighted by atomic mass is 19.4. The highest BCUT2D eigenvalue weighted by Crippen LogP contribution is 2.41. The van der Waals surface area contributed by atoms with Crippen LogP contribution in [-0.4, -0.2) is 18.1 Å². The van der Waals surface area contributed by atoms with E-state index in [0.717, 1.165) is 25.4 Å². The van der Waals surface area contributed by atoms with Gasteiger partial charge in [-0.15, -0.1) is 0 Å². The Morgan fingerprint density at radius 3 is 2.28 bits per heavy atom. The number of alkyl halides is 3. The second kappa shape index (κ2) is 7.96. The largest absolute Gasteiger partial charge is 0.465 e. The Morgan fingerprint density at radius 2 is 1.84 bits per heavy atom. The summed E-state index contributed by atoms with van der Waals surface area (Å²) in [4.78, 5) is 15.3. The van der Waals surface area contributed by atoms with Gasteiger partial charge in [0.05, 0.1) is 30.1 Å². The van der Waals surface area contributed by atoms with E-state index >= 15 is 0 Å². The molecule has 2 N–H and O–H groups in total. The summed E-state index contributed by atoms with van der Waals surface area (Å²) < 4.78 is 57.5. The van der Waals surface area contributed by atoms with E-state index in [-0.39, 0.29) is 28.1 Å². The van der Waals surface area contributed by atoms with Crippen molar-refractivity contribution >= 4 is 11.7 Å². The van der Waals surface area contributed by atoms with Crippen LogP contribution in [0.25, 0.3) is 11.3 Å². The first-order chi connectivity index (χ1) is 11.7. The number of nitrogens with two attached hydrogens (primary N) is 1. The van der Waals surface area contributed by atoms with Crippen LogP contribution < -0.4 is 5.73 Å². The summed E-state index contributed by atoms with van der Waals surface area (Å²) in [6, 6.07) is 2.73. The lowest BCUT2D eigenvalue weighted by molar-refractivity contribution is -0.137. The molecule has 0 aliphatic rings. The molecule has 136 valence electrons. The van der Waals surface area contributed by atoms with Gasteiger partial charge in [0.2, 0.25) is 0 Å². The molecule has 8 heteroatoms. The summed E-state index contributed by atoms with van der Waals surface area (Å²) >= 11 is 0. The third-order valence-corrected chi connectivity index (χ3v) is 3.32. The molecule has 0 radical (unpaired) electrons. The van der Waals surface area contributed by atoms with Crippen LogP contribution in [0.5, 0.6) is 0 Å². The van der Waals surface area contributed by atoms with Crippen LogP contribution in [0.4, 0.5) is 23.2 Å². The fraction of sp³-hybridized carbons (Fsp3) is 0.294. The first-order valence-electron chi connectivity index (χ1n) is 7.37. The molecule has 0 fully saturated rings. The normalized spacial score (nSPS) is 10.7. The zero-order valence-electron chi connectivity index (χ0n) is 14.2. The van der Waals surface area contributed by atoms with E-state index in [1.807, 2.05) is 13.8 Å². The lowest BCUT2D eigenvalue weighted by atomic mass is 9.93. The van der Waals surface area contributed by atoms with Crippen LogP contribution >= 0.6 is 0 Å². The van der Waals surface area contributed by atoms with Crippen LogP contribution in [-0.2, 0) is 10.9 Å². The van der Waals surface area contributed by atoms with Crippen LogP contribution in [0, 0.1) is 12.7 Å². The number of anilines is 1. The number of carbonyl (C=O) groups excluding carboxylic acids is 1. The Labute approximate surface area is 142 Å². The van der Waals surface area contributed by atoms with Gasteiger partial charge < -0.3 is 10.5 Å². The second-order valence-electron chi connectivity index (χ2n) is 4.74. The van der Waals surface area contributed by atoms with Crippen molar-refractivity contribution in [3.63, 3.8) is 0 Å². The molecule has 4 nitrogen and oxygen atoms in total. The van der Waals surface area contributed by atoms with Crippen molar-refractivity contribution in [2.24, 2.45) is 0 Å². The predicted molar refractivity (Wildman–Crippen MR) is 86.5 cm³/mol. The fourth-order valence-corrected chi connectivity index (χ4v) is 2.19. The number of pyridine rings is 1. The Hall–Kier alpha value is -2.64. The van der Waals surface area contributed by atoms with Crippen LogP contribution in [0.1, 0.15) is 35.3 Å². The minimum atomic E-state index is -4.76. The van der Waals surface area contributed by atoms with E-state index < -0.39 is 23.5 Å². The van der Waals surface area contributed by atoms with E-state index in [9.17, 15) is 22.4 Å². The summed E-state index contributed by atoms with van der Waals surface area (Å²) in [5.74, 6) is -1.66. The van der Waals surface area contributed by atoms with Crippen molar-refractivity contribution in [2.75, 3.05) is 12.8 Å². The molecule has 0 unspecified atom stereocenters. The summed E-state index contributed by atoms with van der Waals surface area (Å²) in [5, 5.41) is 0. The van der Waals surface area contributed by atoms with Crippen molar-refractivity contribution in [3.05, 3.63) is 46.9 Å². The van der Waals surface area contributed by atoms with Gasteiger partial charge in [-0.2, -0.15) is 13.2 Å². The Bertz CT molecular complexity index is 757. The minimum Gasteiger partial charge on any atom is -0.465 e. The summed E-state index contributed by atoms with van der Waals surface area (Å²) in [6.45, 7) is 5.33. The van der Waals surface area contributed by atoms with Crippen LogP contribution in [0.3, 0.4) is 0 Å². The molecule has 0 atom stereocenters. The fourth-order valence-electron chi connectivity index (χ4n) is 2.19. The average molecular weight is 358 g/mol. The molecule has 0 bridgehead atoms. The van der Waals surface area contributed by atoms with Gasteiger partial charge in [0, 0.05) is 11.3 Å². The molecule has 0 aliphatic carbocycles. The number of nitrogens with zero attached hydrogens (tertiary/aromatic N) is 1. The Balaban J connectivity index is 0.00000151. The molecular formula is C17H18F4N2O2. The number of ether oxygens (including phenoxy) is 1. The Morgan fingerprint density at radius 1 is 1.24 bits per heavy atom. The molecule has 2 rings (SSSR count). The van der Waals surface area contributed by atoms with E-state index in [0.29, 0.717) is 6.07 Å². The number of rotatable bonds is 2. The molecule has 0 aliphatic heterocycles. The van der Waals surface area contributed by atoms with Gasteiger partial charge in [-0.05, 0) is 30.7 Å². The lowest BCUT2D eigenvalue weighted by Gasteiger charge is -2.19. The van der Waals surface area contributed by atoms with Crippen LogP contribution in [0.2, 0.25) is 0 Å². The SMILES string of the molecule is CC.COC(=O)c1cc(C(F)(F)F)c(-c2ccc(F)cn2)c(C)c1N. The first kappa shape index (κ1) is 20.4. The third-order valence-electron chi connectivity index (χ3n) is 3.32. The molecule has 2 aromatic rings. The van der Waals surface area contributed by atoms with Crippen LogP contribution in [0.15, 0.2) is 24.4 Å². The van der Waals surface area contributed by atoms with E-state index in [1.165, 1.54) is 6.92 Å². The van der Waals surface area contributed by atoms with Gasteiger partial charge >= 0.3 is 12.1 Å². The van der Waals surface area contributed by atoms with Gasteiger partial charge in [-0.1, -0.05) is 13.8 Å². The molecule has 25 heavy (non-hydrogen) atoms. The standard InChI is InChI=1S/C15H12F4N2O2.C2H6/c1-7-12(11-4-3-8(16)6-21-11)10(15(17,18)19)5-9(13(7)20)14(22)23-2;1-2/h3-6H,20H2,1-2H3;1-2H3. The van der Waals surface area contributed by atoms with Gasteiger partial charge in [0.1, 0.15) is 5.82 Å². The number of benzene rings is 1. The number of hydrogen-bond acceptors (Lipinski definition) is 4. The minimum absolute atomic E-state index is 0.0133. The molecule has 1 aromatic heterocycles. The number of halogens is 4. The van der Waals surface area contributed by atoms with Crippen molar-refractivity contribution in [1.29, 1.82) is 0 Å². The molecule has 0 spiro atoms. The number of hydrogen-bond donors (Lipinski definition) is 1. The maximum absolute atomic E-state index is 13.4. The summed E-state index contributed by atoms with van der Waals surface area (Å²) in [6.07, 6.45) is -3.95. The zero-order valence-corrected chi connectivity index (χ0v) is 14.2. The first-order valence-corrected chi connectivity index (χ1v) is 7.37. The monoisotopic (exact) mass is 358 g/mol. The molecule has 0 saturated heterocycles. The highest BCUT2D eigenvalue weighted by molar-refractivity contribution is 5.98. The molecule has 1 aromatic carbocycles. The maximum atomic E-state index is 13.4. The third kappa shape index (κ3) is 4.26. The molecule has 0 amide bonds. The number of methoxy groups -OCH3 is 1. The summed E-state index contributed by atoms with van der Waals surface area (Å²) in [5.41, 5.74) is 3.75. The number of carbonyl (C=O) groups is 1. The topological polar surface area (TPSA) is 65.2 Å². The highest BCUT2D eigenvalue weighted by Gasteiger charge is 2.37. The molecule has 0 saturated carbocycles. The quantitative estimate of drug-likeness (QED) is 0.484. The van der Waals surface area contributed by atoms with Gasteiger partial charge in [-0.3, -0.25) is 4.98 Å². The molecular weight excluding hydrogens is 340 g/mol. The van der Waals surface area contributed by atoms with Gasteiger partial charge in [0.15, 0.2) is 0 Å². The predicted octanol–water partition coefficient (Wildman–Crippen LogP) is 4.61. The zero-order chi connectivity index (χ0) is 19.4. The average Bonchev–Trinajstić information content (AvgIpc) is 2.58. The van der Waals surface area contributed by atoms with E-state index in [1.54, 1.807) is 0 Å². The Kier molecular flexibility index (Phi) is 6.49. The number of aromatic nitrogens is 1. The van der Waals surface area contributed by atoms with Gasteiger partial charge in [-0.25, -0.2) is 9.18 Å². The van der Waals surface area contributed by atoms with Crippen molar-refractivity contribution in [2.45, 2.75) is 26.9 Å². The van der Waals surface area contributed by atoms with E-state index in [4.69, 9.17) is 5.73 Å². The lowest BCUT2D eigenvalue weighted by Crippen LogP contribution is -2.15. The van der Waals surface area contributed by atoms with Crippen molar-refractivity contribution in [3.8, 4) is 11.3 Å². The second-order valence-corrected chi connectivity index (χ2v) is 4.74. The van der Waals surface area contributed by atoms with Crippen molar-refractivity contribution in [1.82, 2.24) is 4.98 Å². The van der Waals surface area contributed by atoms with Gasteiger partial charge in [0.25, 0.3) is 0 Å². The number of esters is 1. The van der Waals surface area contributed by atoms with Crippen molar-refractivity contribution < 1.29 is 27.1 Å². The summed E-state index contributed by atoms with van der Waals surface area (Å²) in [7, 11) is 1.04. The smallest absolute Gasteiger partial charge is 0.417 e.